The number of likely N-dealkylation sites (N-methyl/N-ethyl adjacent to an activating group) is 1. The minimum atomic E-state index is 1.13. The van der Waals surface area contributed by atoms with Crippen molar-refractivity contribution < 1.29 is 0 Å². The fourth-order valence-electron chi connectivity index (χ4n) is 1.35. The summed E-state index contributed by atoms with van der Waals surface area (Å²) in [5.74, 6) is 0. The standard InChI is InChI=1S/C9H18N2/c1-3-4-5-11-8-6-10(2)7-9-11/h3H,1,4-9H2,2H3. The lowest BCUT2D eigenvalue weighted by atomic mass is 10.3. The van der Waals surface area contributed by atoms with Gasteiger partial charge in [0.15, 0.2) is 0 Å². The highest BCUT2D eigenvalue weighted by molar-refractivity contribution is 4.73. The van der Waals surface area contributed by atoms with Crippen LogP contribution in [0.15, 0.2) is 12.7 Å². The first-order valence-corrected chi connectivity index (χ1v) is 4.34. The van der Waals surface area contributed by atoms with Crippen LogP contribution in [0.1, 0.15) is 6.42 Å². The third-order valence-electron chi connectivity index (χ3n) is 2.25. The van der Waals surface area contributed by atoms with E-state index in [1.54, 1.807) is 0 Å². The molecule has 64 valence electrons. The van der Waals surface area contributed by atoms with E-state index in [-0.39, 0.29) is 0 Å². The largest absolute Gasteiger partial charge is 0.304 e. The van der Waals surface area contributed by atoms with E-state index in [0.29, 0.717) is 0 Å². The molecule has 0 bridgehead atoms. The molecule has 0 amide bonds. The average molecular weight is 154 g/mol. The molecular weight excluding hydrogens is 136 g/mol. The van der Waals surface area contributed by atoms with Gasteiger partial charge in [-0.25, -0.2) is 0 Å². The summed E-state index contributed by atoms with van der Waals surface area (Å²) < 4.78 is 0. The molecule has 0 aromatic carbocycles. The van der Waals surface area contributed by atoms with Crippen molar-refractivity contribution in [2.45, 2.75) is 6.42 Å². The zero-order valence-electron chi connectivity index (χ0n) is 7.42. The van der Waals surface area contributed by atoms with Crippen molar-refractivity contribution >= 4 is 0 Å². The van der Waals surface area contributed by atoms with Crippen LogP contribution in [0, 0.1) is 0 Å². The quantitative estimate of drug-likeness (QED) is 0.555. The van der Waals surface area contributed by atoms with Crippen LogP contribution < -0.4 is 0 Å². The second-order valence-electron chi connectivity index (χ2n) is 3.22. The monoisotopic (exact) mass is 154 g/mol. The number of piperazine rings is 1. The summed E-state index contributed by atoms with van der Waals surface area (Å²) in [7, 11) is 2.19. The summed E-state index contributed by atoms with van der Waals surface area (Å²) in [4.78, 5) is 4.88. The van der Waals surface area contributed by atoms with Crippen LogP contribution >= 0.6 is 0 Å². The van der Waals surface area contributed by atoms with Crippen LogP contribution in [-0.2, 0) is 0 Å². The van der Waals surface area contributed by atoms with Crippen molar-refractivity contribution in [3.8, 4) is 0 Å². The highest BCUT2D eigenvalue weighted by Gasteiger charge is 2.11. The molecule has 0 aliphatic carbocycles. The Balaban J connectivity index is 2.12. The summed E-state index contributed by atoms with van der Waals surface area (Å²) in [5.41, 5.74) is 0. The van der Waals surface area contributed by atoms with E-state index in [9.17, 15) is 0 Å². The molecule has 0 spiro atoms. The van der Waals surface area contributed by atoms with E-state index in [1.165, 1.54) is 32.7 Å². The molecule has 2 heteroatoms. The van der Waals surface area contributed by atoms with Crippen LogP contribution in [0.4, 0.5) is 0 Å². The number of hydrogen-bond donors (Lipinski definition) is 0. The van der Waals surface area contributed by atoms with Gasteiger partial charge in [-0.2, -0.15) is 0 Å². The van der Waals surface area contributed by atoms with Gasteiger partial charge in [0.05, 0.1) is 0 Å². The minimum absolute atomic E-state index is 1.13. The minimum Gasteiger partial charge on any atom is -0.304 e. The molecule has 1 fully saturated rings. The molecular formula is C9H18N2. The van der Waals surface area contributed by atoms with Crippen molar-refractivity contribution in [1.29, 1.82) is 0 Å². The summed E-state index contributed by atoms with van der Waals surface area (Å²) >= 11 is 0. The van der Waals surface area contributed by atoms with Crippen molar-refractivity contribution in [2.24, 2.45) is 0 Å². The Morgan fingerprint density at radius 1 is 1.27 bits per heavy atom. The van der Waals surface area contributed by atoms with E-state index in [4.69, 9.17) is 0 Å². The third-order valence-corrected chi connectivity index (χ3v) is 2.25. The lowest BCUT2D eigenvalue weighted by Gasteiger charge is -2.31. The molecule has 11 heavy (non-hydrogen) atoms. The van der Waals surface area contributed by atoms with Crippen LogP contribution in [-0.4, -0.2) is 49.6 Å². The van der Waals surface area contributed by atoms with Gasteiger partial charge in [0.2, 0.25) is 0 Å². The molecule has 1 aliphatic heterocycles. The summed E-state index contributed by atoms with van der Waals surface area (Å²) in [6.45, 7) is 9.81. The molecule has 0 aromatic heterocycles. The van der Waals surface area contributed by atoms with E-state index >= 15 is 0 Å². The van der Waals surface area contributed by atoms with Crippen molar-refractivity contribution in [1.82, 2.24) is 9.80 Å². The van der Waals surface area contributed by atoms with Crippen LogP contribution in [0.5, 0.6) is 0 Å². The zero-order valence-corrected chi connectivity index (χ0v) is 7.42. The Bertz CT molecular complexity index is 115. The molecule has 0 atom stereocenters. The number of hydrogen-bond acceptors (Lipinski definition) is 2. The molecule has 1 aliphatic rings. The Morgan fingerprint density at radius 2 is 1.91 bits per heavy atom. The van der Waals surface area contributed by atoms with Gasteiger partial charge in [0, 0.05) is 32.7 Å². The van der Waals surface area contributed by atoms with Gasteiger partial charge in [-0.05, 0) is 13.5 Å². The molecule has 0 radical (unpaired) electrons. The fraction of sp³-hybridized carbons (Fsp3) is 0.778. The third kappa shape index (κ3) is 3.04. The van der Waals surface area contributed by atoms with Gasteiger partial charge in [0.25, 0.3) is 0 Å². The maximum atomic E-state index is 3.72. The van der Waals surface area contributed by atoms with E-state index in [2.05, 4.69) is 23.4 Å². The molecule has 1 heterocycles. The average Bonchev–Trinajstić information content (AvgIpc) is 2.04. The van der Waals surface area contributed by atoms with Gasteiger partial charge < -0.3 is 9.80 Å². The van der Waals surface area contributed by atoms with E-state index < -0.39 is 0 Å². The van der Waals surface area contributed by atoms with Crippen LogP contribution in [0.25, 0.3) is 0 Å². The smallest absolute Gasteiger partial charge is 0.0110 e. The van der Waals surface area contributed by atoms with E-state index in [0.717, 1.165) is 6.42 Å². The summed E-state index contributed by atoms with van der Waals surface area (Å²) in [6.07, 6.45) is 3.13. The van der Waals surface area contributed by atoms with Crippen molar-refractivity contribution in [3.05, 3.63) is 12.7 Å². The Labute approximate surface area is 69.5 Å². The molecule has 2 nitrogen and oxygen atoms in total. The maximum absolute atomic E-state index is 3.72. The first-order chi connectivity index (χ1) is 5.33. The molecule has 0 saturated carbocycles. The molecule has 0 unspecified atom stereocenters. The van der Waals surface area contributed by atoms with E-state index in [1.807, 2.05) is 6.08 Å². The summed E-state index contributed by atoms with van der Waals surface area (Å²) in [6, 6.07) is 0. The van der Waals surface area contributed by atoms with Gasteiger partial charge >= 0.3 is 0 Å². The fourth-order valence-corrected chi connectivity index (χ4v) is 1.35. The lowest BCUT2D eigenvalue weighted by molar-refractivity contribution is 0.156. The second-order valence-corrected chi connectivity index (χ2v) is 3.22. The lowest BCUT2D eigenvalue weighted by Crippen LogP contribution is -2.44. The maximum Gasteiger partial charge on any atom is 0.0110 e. The van der Waals surface area contributed by atoms with Gasteiger partial charge in [-0.3, -0.25) is 0 Å². The molecule has 0 aromatic rings. The SMILES string of the molecule is C=CCCN1CCN(C)CC1. The number of nitrogens with zero attached hydrogens (tertiary/aromatic N) is 2. The predicted octanol–water partition coefficient (Wildman–Crippen LogP) is 0.810. The number of rotatable bonds is 3. The molecule has 0 N–H and O–H groups in total. The zero-order chi connectivity index (χ0) is 8.10. The van der Waals surface area contributed by atoms with Crippen molar-refractivity contribution in [3.63, 3.8) is 0 Å². The van der Waals surface area contributed by atoms with Crippen LogP contribution in [0.3, 0.4) is 0 Å². The van der Waals surface area contributed by atoms with Gasteiger partial charge in [-0.15, -0.1) is 6.58 Å². The Kier molecular flexibility index (Phi) is 3.60. The summed E-state index contributed by atoms with van der Waals surface area (Å²) in [5, 5.41) is 0. The molecule has 1 saturated heterocycles. The Hall–Kier alpha value is -0.340. The predicted molar refractivity (Wildman–Crippen MR) is 48.8 cm³/mol. The highest BCUT2D eigenvalue weighted by Crippen LogP contribution is 1.99. The second kappa shape index (κ2) is 4.52. The van der Waals surface area contributed by atoms with Crippen molar-refractivity contribution in [2.75, 3.05) is 39.8 Å². The Morgan fingerprint density at radius 3 is 2.45 bits per heavy atom. The highest BCUT2D eigenvalue weighted by atomic mass is 15.2. The normalized spacial score (nSPS) is 21.9. The molecule has 1 rings (SSSR count). The van der Waals surface area contributed by atoms with Gasteiger partial charge in [0.1, 0.15) is 0 Å². The van der Waals surface area contributed by atoms with Crippen LogP contribution in [0.2, 0.25) is 0 Å². The first-order valence-electron chi connectivity index (χ1n) is 4.34. The topological polar surface area (TPSA) is 6.48 Å². The van der Waals surface area contributed by atoms with Gasteiger partial charge in [-0.1, -0.05) is 6.08 Å². The first kappa shape index (κ1) is 8.75.